The Morgan fingerprint density at radius 2 is 2.08 bits per heavy atom. The van der Waals surface area contributed by atoms with Gasteiger partial charge in [-0.1, -0.05) is 17.7 Å². The highest BCUT2D eigenvalue weighted by Gasteiger charge is 2.50. The lowest BCUT2D eigenvalue weighted by Gasteiger charge is -2.43. The van der Waals surface area contributed by atoms with Crippen molar-refractivity contribution in [3.63, 3.8) is 0 Å². The number of rotatable bonds is 6. The first-order valence-electron chi connectivity index (χ1n) is 17.8. The summed E-state index contributed by atoms with van der Waals surface area (Å²) >= 11 is 6.89. The normalized spacial score (nSPS) is 25.7. The van der Waals surface area contributed by atoms with E-state index in [4.69, 9.17) is 36.5 Å². The predicted molar refractivity (Wildman–Crippen MR) is 188 cm³/mol. The standard InChI is InChI=1S/C37H45ClN8O4/c1-43(2)35(47)34-33(38)30-20-44(12-6-14-46(30)42-34)29-15-31(49-22-36-10-5-13-45(36)19-24(16-36)48-3)41-28-17-37(50-21-26(28)29)11-4-7-23-8-9-27(40)25(18-39)32(23)37/h8-9,15,24H,4-7,10-14,16-17,19-22,40H2,1-3H3/t24-,36?,37+/m1/s1. The van der Waals surface area contributed by atoms with Crippen LogP contribution >= 0.6 is 11.6 Å². The molecule has 2 aromatic heterocycles. The first-order valence-corrected chi connectivity index (χ1v) is 18.1. The molecule has 1 amide bonds. The molecule has 0 bridgehead atoms. The molecule has 2 N–H and O–H groups in total. The summed E-state index contributed by atoms with van der Waals surface area (Å²) in [5.41, 5.74) is 12.6. The van der Waals surface area contributed by atoms with Gasteiger partial charge in [0.15, 0.2) is 5.69 Å². The number of aryl methyl sites for hydroxylation is 2. The maximum Gasteiger partial charge on any atom is 0.275 e. The van der Waals surface area contributed by atoms with Gasteiger partial charge in [-0.2, -0.15) is 10.4 Å². The van der Waals surface area contributed by atoms with Crippen molar-refractivity contribution in [2.24, 2.45) is 0 Å². The minimum Gasteiger partial charge on any atom is -0.476 e. The van der Waals surface area contributed by atoms with Crippen LogP contribution < -0.4 is 15.4 Å². The van der Waals surface area contributed by atoms with E-state index in [0.29, 0.717) is 54.9 Å². The molecule has 2 fully saturated rings. The molecule has 1 unspecified atom stereocenters. The summed E-state index contributed by atoms with van der Waals surface area (Å²) in [6.07, 6.45) is 7.28. The van der Waals surface area contributed by atoms with E-state index in [1.165, 1.54) is 4.90 Å². The number of ether oxygens (including phenoxy) is 3. The molecule has 13 heteroatoms. The van der Waals surface area contributed by atoms with Crippen molar-refractivity contribution in [3.05, 3.63) is 62.6 Å². The molecular weight excluding hydrogens is 656 g/mol. The summed E-state index contributed by atoms with van der Waals surface area (Å²) < 4.78 is 21.3. The van der Waals surface area contributed by atoms with Crippen LogP contribution in [-0.2, 0) is 47.6 Å². The second-order valence-corrected chi connectivity index (χ2v) is 15.2. The third-order valence-corrected chi connectivity index (χ3v) is 12.1. The fourth-order valence-corrected chi connectivity index (χ4v) is 9.44. The number of hydrogen-bond acceptors (Lipinski definition) is 10. The SMILES string of the molecule is CO[C@H]1CN2CCCC2(COc2cc(N3CCCn4nc(C(=O)N(C)C)c(Cl)c4C3)c3c(n2)C[C@]2(CCCc4ccc(N)c(C#N)c42)OC3)C1. The van der Waals surface area contributed by atoms with Crippen LogP contribution in [0.3, 0.4) is 0 Å². The van der Waals surface area contributed by atoms with E-state index < -0.39 is 5.60 Å². The molecule has 1 aromatic carbocycles. The van der Waals surface area contributed by atoms with Crippen molar-refractivity contribution in [1.29, 1.82) is 5.26 Å². The van der Waals surface area contributed by atoms with Crippen LogP contribution in [0.15, 0.2) is 18.2 Å². The van der Waals surface area contributed by atoms with Crippen LogP contribution in [0.1, 0.15) is 82.7 Å². The summed E-state index contributed by atoms with van der Waals surface area (Å²) in [4.78, 5) is 24.5. The number of nitriles is 1. The van der Waals surface area contributed by atoms with Gasteiger partial charge in [0, 0.05) is 75.8 Å². The van der Waals surface area contributed by atoms with E-state index in [1.807, 2.05) is 16.8 Å². The third-order valence-electron chi connectivity index (χ3n) is 11.7. The smallest absolute Gasteiger partial charge is 0.275 e. The Balaban J connectivity index is 1.19. The highest BCUT2D eigenvalue weighted by Crippen LogP contribution is 2.49. The van der Waals surface area contributed by atoms with Gasteiger partial charge in [-0.05, 0) is 63.1 Å². The quantitative estimate of drug-likeness (QED) is 0.368. The van der Waals surface area contributed by atoms with Gasteiger partial charge in [0.05, 0.1) is 46.8 Å². The first kappa shape index (κ1) is 33.3. The van der Waals surface area contributed by atoms with E-state index >= 15 is 0 Å². The summed E-state index contributed by atoms with van der Waals surface area (Å²) in [7, 11) is 5.21. The first-order chi connectivity index (χ1) is 24.1. The van der Waals surface area contributed by atoms with Gasteiger partial charge < -0.3 is 29.7 Å². The monoisotopic (exact) mass is 700 g/mol. The number of fused-ring (bicyclic) bond motifs is 5. The molecule has 3 atom stereocenters. The average Bonchev–Trinajstić information content (AvgIpc) is 3.70. The minimum atomic E-state index is -0.704. The zero-order chi connectivity index (χ0) is 34.8. The maximum atomic E-state index is 12.9. The van der Waals surface area contributed by atoms with Crippen molar-refractivity contribution in [2.45, 2.75) is 88.3 Å². The molecule has 12 nitrogen and oxygen atoms in total. The Kier molecular flexibility index (Phi) is 8.45. The molecular formula is C37H45ClN8O4. The molecule has 5 aliphatic rings. The molecule has 2 saturated heterocycles. The van der Waals surface area contributed by atoms with Gasteiger partial charge in [0.1, 0.15) is 18.3 Å². The van der Waals surface area contributed by atoms with E-state index in [-0.39, 0.29) is 23.2 Å². The number of aromatic nitrogens is 3. The van der Waals surface area contributed by atoms with Gasteiger partial charge in [-0.3, -0.25) is 14.4 Å². The van der Waals surface area contributed by atoms with Gasteiger partial charge in [0.2, 0.25) is 5.88 Å². The topological polar surface area (TPSA) is 135 Å². The Bertz CT molecular complexity index is 1890. The molecule has 1 spiro atoms. The Morgan fingerprint density at radius 1 is 1.22 bits per heavy atom. The largest absolute Gasteiger partial charge is 0.476 e. The second kappa shape index (κ2) is 12.7. The van der Waals surface area contributed by atoms with Crippen LogP contribution in [0, 0.1) is 11.3 Å². The van der Waals surface area contributed by atoms with Gasteiger partial charge in [0.25, 0.3) is 5.91 Å². The lowest BCUT2D eigenvalue weighted by Crippen LogP contribution is -2.43. The summed E-state index contributed by atoms with van der Waals surface area (Å²) in [5.74, 6) is 0.361. The van der Waals surface area contributed by atoms with Crippen molar-refractivity contribution in [3.8, 4) is 11.9 Å². The van der Waals surface area contributed by atoms with E-state index in [9.17, 15) is 10.1 Å². The Hall–Kier alpha value is -3.89. The number of benzene rings is 1. The van der Waals surface area contributed by atoms with Crippen LogP contribution in [0.5, 0.6) is 5.88 Å². The third kappa shape index (κ3) is 5.41. The van der Waals surface area contributed by atoms with Crippen molar-refractivity contribution in [1.82, 2.24) is 24.6 Å². The molecule has 50 heavy (non-hydrogen) atoms. The lowest BCUT2D eigenvalue weighted by atomic mass is 9.72. The summed E-state index contributed by atoms with van der Waals surface area (Å²) in [6, 6.07) is 8.33. The van der Waals surface area contributed by atoms with Crippen molar-refractivity contribution < 1.29 is 19.0 Å². The highest BCUT2D eigenvalue weighted by molar-refractivity contribution is 6.34. The molecule has 4 aliphatic heterocycles. The number of halogens is 1. The van der Waals surface area contributed by atoms with Crippen LogP contribution in [0.2, 0.25) is 5.02 Å². The van der Waals surface area contributed by atoms with Crippen LogP contribution in [0.4, 0.5) is 11.4 Å². The number of carbonyl (C=O) groups excluding carboxylic acids is 1. The Labute approximate surface area is 298 Å². The molecule has 1 aliphatic carbocycles. The molecule has 3 aromatic rings. The average molecular weight is 701 g/mol. The van der Waals surface area contributed by atoms with E-state index in [2.05, 4.69) is 27.0 Å². The number of carbonyl (C=O) groups is 1. The summed E-state index contributed by atoms with van der Waals surface area (Å²) in [6.45, 7) is 4.71. The molecule has 0 radical (unpaired) electrons. The van der Waals surface area contributed by atoms with Gasteiger partial charge in [-0.25, -0.2) is 4.98 Å². The fraction of sp³-hybridized carbons (Fsp3) is 0.568. The summed E-state index contributed by atoms with van der Waals surface area (Å²) in [5, 5.41) is 15.3. The lowest BCUT2D eigenvalue weighted by molar-refractivity contribution is -0.0855. The number of nitrogen functional groups attached to an aromatic ring is 1. The number of methoxy groups -OCH3 is 1. The van der Waals surface area contributed by atoms with Crippen molar-refractivity contribution in [2.75, 3.05) is 58.1 Å². The van der Waals surface area contributed by atoms with Gasteiger partial charge in [-0.15, -0.1) is 0 Å². The maximum absolute atomic E-state index is 12.9. The van der Waals surface area contributed by atoms with Crippen molar-refractivity contribution >= 4 is 28.9 Å². The van der Waals surface area contributed by atoms with Crippen LogP contribution in [-0.4, -0.2) is 89.6 Å². The predicted octanol–water partition coefficient (Wildman–Crippen LogP) is 4.43. The zero-order valence-electron chi connectivity index (χ0n) is 29.1. The molecule has 6 heterocycles. The number of nitrogens with two attached hydrogens (primary N) is 1. The van der Waals surface area contributed by atoms with E-state index in [0.717, 1.165) is 98.3 Å². The fourth-order valence-electron chi connectivity index (χ4n) is 9.17. The molecule has 264 valence electrons. The number of amides is 1. The minimum absolute atomic E-state index is 0.0672. The molecule has 8 rings (SSSR count). The number of pyridine rings is 1. The zero-order valence-corrected chi connectivity index (χ0v) is 29.9. The Morgan fingerprint density at radius 3 is 2.88 bits per heavy atom. The number of nitrogens with zero attached hydrogens (tertiary/aromatic N) is 7. The van der Waals surface area contributed by atoms with E-state index in [1.54, 1.807) is 21.2 Å². The van der Waals surface area contributed by atoms with Crippen LogP contribution in [0.25, 0.3) is 0 Å². The van der Waals surface area contributed by atoms with Gasteiger partial charge >= 0.3 is 0 Å². The second-order valence-electron chi connectivity index (χ2n) is 14.8. The highest BCUT2D eigenvalue weighted by atomic mass is 35.5. The number of anilines is 2. The number of hydrogen-bond donors (Lipinski definition) is 1. The molecule has 0 saturated carbocycles.